The van der Waals surface area contributed by atoms with Crippen molar-refractivity contribution >= 4 is 12.1 Å². The summed E-state index contributed by atoms with van der Waals surface area (Å²) in [6.07, 6.45) is 6.24. The average Bonchev–Trinajstić information content (AvgIpc) is 2.88. The third-order valence-electron chi connectivity index (χ3n) is 5.34. The maximum absolute atomic E-state index is 12.3. The Balaban J connectivity index is 2.07. The number of hydrogen-bond acceptors (Lipinski definition) is 5. The van der Waals surface area contributed by atoms with Crippen molar-refractivity contribution < 1.29 is 24.2 Å². The molecule has 1 heterocycles. The highest BCUT2D eigenvalue weighted by molar-refractivity contribution is 5.76. The number of hydrogen-bond donors (Lipinski definition) is 2. The highest BCUT2D eigenvalue weighted by atomic mass is 16.6. The number of carbonyl (C=O) groups excluding carboxylic acids is 2. The minimum Gasteiger partial charge on any atom is -0.460 e. The van der Waals surface area contributed by atoms with Gasteiger partial charge in [0.25, 0.3) is 0 Å². The van der Waals surface area contributed by atoms with E-state index in [1.165, 1.54) is 19.3 Å². The Kier molecular flexibility index (Phi) is 6.59. The first-order chi connectivity index (χ1) is 12.0. The summed E-state index contributed by atoms with van der Waals surface area (Å²) in [5.74, 6) is -0.437. The molecule has 0 spiro atoms. The van der Waals surface area contributed by atoms with E-state index in [1.807, 2.05) is 20.8 Å². The second-order valence-corrected chi connectivity index (χ2v) is 9.41. The van der Waals surface area contributed by atoms with E-state index in [2.05, 4.69) is 5.32 Å². The van der Waals surface area contributed by atoms with Gasteiger partial charge in [-0.15, -0.1) is 0 Å². The van der Waals surface area contributed by atoms with E-state index in [9.17, 15) is 14.7 Å². The van der Waals surface area contributed by atoms with E-state index < -0.39 is 29.3 Å². The molecule has 2 aliphatic rings. The van der Waals surface area contributed by atoms with Crippen LogP contribution in [0.25, 0.3) is 0 Å². The van der Waals surface area contributed by atoms with Crippen LogP contribution in [-0.4, -0.2) is 40.5 Å². The van der Waals surface area contributed by atoms with Crippen LogP contribution in [0.5, 0.6) is 0 Å². The maximum Gasteiger partial charge on any atom is 0.408 e. The van der Waals surface area contributed by atoms with E-state index in [0.29, 0.717) is 12.3 Å². The lowest BCUT2D eigenvalue weighted by Crippen LogP contribution is -2.46. The quantitative estimate of drug-likeness (QED) is 0.724. The van der Waals surface area contributed by atoms with E-state index in [4.69, 9.17) is 9.47 Å². The predicted molar refractivity (Wildman–Crippen MR) is 98.6 cm³/mol. The van der Waals surface area contributed by atoms with Crippen LogP contribution in [0.15, 0.2) is 0 Å². The number of carbonyl (C=O) groups is 2. The Bertz CT molecular complexity index is 499. The second kappa shape index (κ2) is 8.15. The molecule has 1 amide bonds. The van der Waals surface area contributed by atoms with Crippen molar-refractivity contribution in [3.8, 4) is 0 Å². The lowest BCUT2D eigenvalue weighted by Gasteiger charge is -2.31. The summed E-state index contributed by atoms with van der Waals surface area (Å²) >= 11 is 0. The van der Waals surface area contributed by atoms with Crippen LogP contribution in [0.3, 0.4) is 0 Å². The first-order valence-electron chi connectivity index (χ1n) is 9.88. The molecule has 0 aromatic heterocycles. The van der Waals surface area contributed by atoms with Gasteiger partial charge in [0.2, 0.25) is 0 Å². The van der Waals surface area contributed by atoms with Gasteiger partial charge in [-0.2, -0.15) is 0 Å². The number of aliphatic hydroxyl groups is 1. The zero-order valence-electron chi connectivity index (χ0n) is 16.8. The highest BCUT2D eigenvalue weighted by Crippen LogP contribution is 2.35. The van der Waals surface area contributed by atoms with Crippen LogP contribution >= 0.6 is 0 Å². The van der Waals surface area contributed by atoms with Crippen LogP contribution in [0, 0.1) is 11.8 Å². The predicted octanol–water partition coefficient (Wildman–Crippen LogP) is 3.55. The third-order valence-corrected chi connectivity index (χ3v) is 5.34. The van der Waals surface area contributed by atoms with Crippen LogP contribution in [0.2, 0.25) is 0 Å². The molecule has 0 bridgehead atoms. The van der Waals surface area contributed by atoms with E-state index in [-0.39, 0.29) is 12.0 Å². The van der Waals surface area contributed by atoms with Crippen LogP contribution in [-0.2, 0) is 14.3 Å². The topological polar surface area (TPSA) is 84.9 Å². The fraction of sp³-hybridized carbons (Fsp3) is 0.900. The fourth-order valence-corrected chi connectivity index (χ4v) is 3.98. The van der Waals surface area contributed by atoms with E-state index in [1.54, 1.807) is 13.8 Å². The minimum absolute atomic E-state index is 0.288. The molecule has 1 aliphatic heterocycles. The number of alkyl carbamates (subject to hydrolysis) is 1. The molecule has 0 unspecified atom stereocenters. The molecule has 6 nitrogen and oxygen atoms in total. The third kappa shape index (κ3) is 6.15. The van der Waals surface area contributed by atoms with Gasteiger partial charge in [-0.25, -0.2) is 4.79 Å². The van der Waals surface area contributed by atoms with Crippen molar-refractivity contribution in [3.05, 3.63) is 0 Å². The lowest BCUT2D eigenvalue weighted by molar-refractivity contribution is -0.150. The number of cyclic esters (lactones) is 1. The number of nitrogens with one attached hydrogen (secondary N) is 1. The van der Waals surface area contributed by atoms with E-state index >= 15 is 0 Å². The molecule has 1 aliphatic carbocycles. The van der Waals surface area contributed by atoms with Crippen LogP contribution in [0.4, 0.5) is 4.79 Å². The first-order valence-corrected chi connectivity index (χ1v) is 9.88. The minimum atomic E-state index is -1.13. The van der Waals surface area contributed by atoms with Gasteiger partial charge in [0, 0.05) is 6.42 Å². The Morgan fingerprint density at radius 1 is 1.23 bits per heavy atom. The Hall–Kier alpha value is -1.30. The number of rotatable bonds is 5. The van der Waals surface area contributed by atoms with Crippen LogP contribution in [0.1, 0.15) is 79.6 Å². The molecule has 26 heavy (non-hydrogen) atoms. The summed E-state index contributed by atoms with van der Waals surface area (Å²) in [4.78, 5) is 24.5. The Morgan fingerprint density at radius 3 is 2.35 bits per heavy atom. The van der Waals surface area contributed by atoms with Crippen molar-refractivity contribution in [1.29, 1.82) is 0 Å². The monoisotopic (exact) mass is 369 g/mol. The average molecular weight is 370 g/mol. The van der Waals surface area contributed by atoms with Gasteiger partial charge >= 0.3 is 12.1 Å². The molecule has 0 aromatic rings. The zero-order valence-corrected chi connectivity index (χ0v) is 16.8. The second-order valence-electron chi connectivity index (χ2n) is 9.41. The molecule has 1 saturated heterocycles. The summed E-state index contributed by atoms with van der Waals surface area (Å²) < 4.78 is 11.0. The van der Waals surface area contributed by atoms with Crippen molar-refractivity contribution in [2.45, 2.75) is 103 Å². The summed E-state index contributed by atoms with van der Waals surface area (Å²) in [5.41, 5.74) is -1.71. The summed E-state index contributed by atoms with van der Waals surface area (Å²) in [5, 5.41) is 13.2. The number of ether oxygens (including phenoxy) is 2. The molecule has 3 atom stereocenters. The highest BCUT2D eigenvalue weighted by Gasteiger charge is 2.46. The van der Waals surface area contributed by atoms with Gasteiger partial charge < -0.3 is 19.9 Å². The van der Waals surface area contributed by atoms with Crippen molar-refractivity contribution in [2.24, 2.45) is 11.8 Å². The Labute approximate surface area is 157 Å². The normalized spacial score (nSPS) is 26.3. The molecule has 1 saturated carbocycles. The van der Waals surface area contributed by atoms with Crippen molar-refractivity contribution in [1.82, 2.24) is 5.32 Å². The van der Waals surface area contributed by atoms with Gasteiger partial charge in [0.15, 0.2) is 0 Å². The molecular formula is C20H35NO5. The summed E-state index contributed by atoms with van der Waals surface area (Å²) in [7, 11) is 0. The zero-order chi connectivity index (χ0) is 19.5. The maximum atomic E-state index is 12.3. The SMILES string of the molecule is CC(C)(C)OC(=O)N[C@H](CC1CCCCC1)[C@H]1C[C@H](C(C)(C)O)C(=O)O1. The molecule has 150 valence electrons. The number of amides is 1. The van der Waals surface area contributed by atoms with Gasteiger partial charge in [0.1, 0.15) is 11.7 Å². The number of esters is 1. The molecule has 2 fully saturated rings. The molecule has 2 rings (SSSR count). The molecule has 0 radical (unpaired) electrons. The first kappa shape index (κ1) is 21.0. The van der Waals surface area contributed by atoms with Crippen LogP contribution < -0.4 is 5.32 Å². The van der Waals surface area contributed by atoms with Crippen molar-refractivity contribution in [3.63, 3.8) is 0 Å². The lowest BCUT2D eigenvalue weighted by atomic mass is 9.81. The fourth-order valence-electron chi connectivity index (χ4n) is 3.98. The molecule has 2 N–H and O–H groups in total. The molecule has 6 heteroatoms. The standard InChI is InChI=1S/C20H35NO5/c1-19(2,3)26-18(23)21-15(11-13-9-7-6-8-10-13)16-12-14(17(22)25-16)20(4,5)24/h13-16,24H,6-12H2,1-5H3,(H,21,23)/t14-,15+,16+/m0/s1. The smallest absolute Gasteiger partial charge is 0.408 e. The largest absolute Gasteiger partial charge is 0.460 e. The van der Waals surface area contributed by atoms with Gasteiger partial charge in [-0.05, 0) is 47.0 Å². The van der Waals surface area contributed by atoms with Gasteiger partial charge in [0.05, 0.1) is 17.6 Å². The van der Waals surface area contributed by atoms with Gasteiger partial charge in [-0.1, -0.05) is 32.1 Å². The van der Waals surface area contributed by atoms with Gasteiger partial charge in [-0.3, -0.25) is 4.79 Å². The van der Waals surface area contributed by atoms with Crippen molar-refractivity contribution in [2.75, 3.05) is 0 Å². The summed E-state index contributed by atoms with van der Waals surface area (Å²) in [6, 6.07) is -0.288. The molecular weight excluding hydrogens is 334 g/mol. The van der Waals surface area contributed by atoms with E-state index in [0.717, 1.165) is 19.3 Å². The molecule has 0 aromatic carbocycles. The summed E-state index contributed by atoms with van der Waals surface area (Å²) in [6.45, 7) is 8.71. The Morgan fingerprint density at radius 2 is 1.85 bits per heavy atom.